The number of methoxy groups -OCH3 is 1. The fourth-order valence-corrected chi connectivity index (χ4v) is 2.61. The zero-order valence-corrected chi connectivity index (χ0v) is 11.1. The van der Waals surface area contributed by atoms with E-state index in [4.69, 9.17) is 15.7 Å². The van der Waals surface area contributed by atoms with Gasteiger partial charge >= 0.3 is 0 Å². The van der Waals surface area contributed by atoms with E-state index in [-0.39, 0.29) is 18.0 Å². The van der Waals surface area contributed by atoms with E-state index in [1.807, 2.05) is 13.0 Å². The minimum atomic E-state index is -0.229. The van der Waals surface area contributed by atoms with Crippen LogP contribution in [0, 0.1) is 11.3 Å². The maximum atomic E-state index is 11.8. The first kappa shape index (κ1) is 13.4. The van der Waals surface area contributed by atoms with E-state index in [1.165, 1.54) is 7.11 Å². The number of hydrogen-bond acceptors (Lipinski definition) is 4. The molecule has 1 aliphatic rings. The van der Waals surface area contributed by atoms with Crippen LogP contribution in [0.4, 0.5) is 0 Å². The van der Waals surface area contributed by atoms with Gasteiger partial charge in [0.05, 0.1) is 18.7 Å². The van der Waals surface area contributed by atoms with Gasteiger partial charge in [-0.25, -0.2) is 0 Å². The molecule has 100 valence electrons. The molecule has 19 heavy (non-hydrogen) atoms. The predicted octanol–water partition coefficient (Wildman–Crippen LogP) is 1.19. The monoisotopic (exact) mass is 259 g/mol. The highest BCUT2D eigenvalue weighted by Crippen LogP contribution is 2.33. The molecule has 5 nitrogen and oxygen atoms in total. The molecule has 2 N–H and O–H groups in total. The molecular formula is C14H17N3O2. The number of ether oxygens (including phenoxy) is 1. The summed E-state index contributed by atoms with van der Waals surface area (Å²) in [4.78, 5) is 13.6. The molecule has 0 radical (unpaired) electrons. The van der Waals surface area contributed by atoms with Gasteiger partial charge in [-0.2, -0.15) is 5.26 Å². The Morgan fingerprint density at radius 3 is 2.89 bits per heavy atom. The summed E-state index contributed by atoms with van der Waals surface area (Å²) in [5, 5.41) is 9.12. The molecule has 2 unspecified atom stereocenters. The lowest BCUT2D eigenvalue weighted by atomic mass is 9.98. The number of rotatable bonds is 3. The first-order valence-electron chi connectivity index (χ1n) is 6.25. The lowest BCUT2D eigenvalue weighted by Gasteiger charge is -2.26. The third kappa shape index (κ3) is 2.27. The third-order valence-electron chi connectivity index (χ3n) is 3.50. The molecule has 1 aromatic rings. The van der Waals surface area contributed by atoms with E-state index < -0.39 is 0 Å². The highest BCUT2D eigenvalue weighted by molar-refractivity contribution is 5.80. The molecule has 2 rings (SSSR count). The van der Waals surface area contributed by atoms with Crippen molar-refractivity contribution in [2.45, 2.75) is 25.4 Å². The van der Waals surface area contributed by atoms with Crippen molar-refractivity contribution in [3.05, 3.63) is 29.3 Å². The number of hydrogen-bond donors (Lipinski definition) is 1. The zero-order valence-electron chi connectivity index (χ0n) is 11.1. The maximum Gasteiger partial charge on any atom is 0.224 e. The van der Waals surface area contributed by atoms with Crippen LogP contribution in [0.1, 0.15) is 30.5 Å². The number of likely N-dealkylation sites (N-methyl/N-ethyl adjacent to an activating group) is 1. The van der Waals surface area contributed by atoms with E-state index in [1.54, 1.807) is 17.0 Å². The molecule has 1 aromatic carbocycles. The molecule has 1 aliphatic heterocycles. The minimum Gasteiger partial charge on any atom is -0.495 e. The van der Waals surface area contributed by atoms with Gasteiger partial charge in [-0.05, 0) is 24.6 Å². The van der Waals surface area contributed by atoms with Crippen LogP contribution in [0.15, 0.2) is 18.2 Å². The van der Waals surface area contributed by atoms with Crippen LogP contribution >= 0.6 is 0 Å². The first-order chi connectivity index (χ1) is 9.12. The Morgan fingerprint density at radius 1 is 1.58 bits per heavy atom. The highest BCUT2D eigenvalue weighted by atomic mass is 16.5. The van der Waals surface area contributed by atoms with Crippen molar-refractivity contribution in [3.8, 4) is 11.8 Å². The number of carbonyl (C=O) groups is 1. The first-order valence-corrected chi connectivity index (χ1v) is 6.25. The van der Waals surface area contributed by atoms with Gasteiger partial charge in [0.1, 0.15) is 11.8 Å². The highest BCUT2D eigenvalue weighted by Gasteiger charge is 2.37. The van der Waals surface area contributed by atoms with Gasteiger partial charge in [-0.1, -0.05) is 6.07 Å². The van der Waals surface area contributed by atoms with Gasteiger partial charge in [-0.3, -0.25) is 4.79 Å². The quantitative estimate of drug-likeness (QED) is 0.884. The zero-order chi connectivity index (χ0) is 14.0. The van der Waals surface area contributed by atoms with Crippen LogP contribution in [0.25, 0.3) is 0 Å². The van der Waals surface area contributed by atoms with Gasteiger partial charge in [0.25, 0.3) is 0 Å². The molecule has 1 amide bonds. The van der Waals surface area contributed by atoms with Crippen LogP contribution in [0.3, 0.4) is 0 Å². The fourth-order valence-electron chi connectivity index (χ4n) is 2.61. The average molecular weight is 259 g/mol. The Kier molecular flexibility index (Phi) is 3.72. The van der Waals surface area contributed by atoms with E-state index in [9.17, 15) is 4.79 Å². The summed E-state index contributed by atoms with van der Waals surface area (Å²) in [5.74, 6) is 0.599. The van der Waals surface area contributed by atoms with Crippen LogP contribution in [-0.4, -0.2) is 30.5 Å². The van der Waals surface area contributed by atoms with Crippen molar-refractivity contribution in [1.82, 2.24) is 4.90 Å². The normalized spacial score (nSPS) is 22.4. The Labute approximate surface area is 112 Å². The second kappa shape index (κ2) is 5.29. The van der Waals surface area contributed by atoms with Gasteiger partial charge in [-0.15, -0.1) is 0 Å². The molecular weight excluding hydrogens is 242 g/mol. The van der Waals surface area contributed by atoms with Crippen molar-refractivity contribution < 1.29 is 9.53 Å². The van der Waals surface area contributed by atoms with Crippen molar-refractivity contribution in [2.24, 2.45) is 5.73 Å². The van der Waals surface area contributed by atoms with E-state index in [0.29, 0.717) is 24.3 Å². The predicted molar refractivity (Wildman–Crippen MR) is 70.4 cm³/mol. The number of nitriles is 1. The summed E-state index contributed by atoms with van der Waals surface area (Å²) < 4.78 is 5.12. The average Bonchev–Trinajstić information content (AvgIpc) is 2.71. The van der Waals surface area contributed by atoms with Crippen LogP contribution < -0.4 is 10.5 Å². The third-order valence-corrected chi connectivity index (χ3v) is 3.50. The number of nitrogens with zero attached hydrogens (tertiary/aromatic N) is 2. The molecule has 0 aliphatic carbocycles. The molecule has 1 saturated heterocycles. The van der Waals surface area contributed by atoms with Crippen LogP contribution in [0.2, 0.25) is 0 Å². The Bertz CT molecular complexity index is 536. The fraction of sp³-hybridized carbons (Fsp3) is 0.429. The SMILES string of the molecule is CCN1C(=O)CC(N)C1c1ccc(OC)c(C#N)c1. The number of likely N-dealkylation sites (tertiary alicyclic amines) is 1. The topological polar surface area (TPSA) is 79.3 Å². The lowest BCUT2D eigenvalue weighted by Crippen LogP contribution is -2.32. The summed E-state index contributed by atoms with van der Waals surface area (Å²) in [6.07, 6.45) is 0.354. The number of carbonyl (C=O) groups excluding carboxylic acids is 1. The molecule has 0 aromatic heterocycles. The molecule has 0 spiro atoms. The van der Waals surface area contributed by atoms with Crippen molar-refractivity contribution >= 4 is 5.91 Å². The Balaban J connectivity index is 2.41. The van der Waals surface area contributed by atoms with Crippen molar-refractivity contribution in [1.29, 1.82) is 5.26 Å². The maximum absolute atomic E-state index is 11.8. The molecule has 0 bridgehead atoms. The lowest BCUT2D eigenvalue weighted by molar-refractivity contribution is -0.128. The largest absolute Gasteiger partial charge is 0.495 e. The van der Waals surface area contributed by atoms with Crippen LogP contribution in [-0.2, 0) is 4.79 Å². The van der Waals surface area contributed by atoms with E-state index >= 15 is 0 Å². The minimum absolute atomic E-state index is 0.0642. The van der Waals surface area contributed by atoms with Crippen molar-refractivity contribution in [2.75, 3.05) is 13.7 Å². The molecule has 1 heterocycles. The number of benzene rings is 1. The Hall–Kier alpha value is -2.06. The number of amides is 1. The van der Waals surface area contributed by atoms with Crippen molar-refractivity contribution in [3.63, 3.8) is 0 Å². The smallest absolute Gasteiger partial charge is 0.224 e. The van der Waals surface area contributed by atoms with Gasteiger partial charge in [0.15, 0.2) is 0 Å². The summed E-state index contributed by atoms with van der Waals surface area (Å²) >= 11 is 0. The summed E-state index contributed by atoms with van der Waals surface area (Å²) in [6, 6.07) is 7.08. The summed E-state index contributed by atoms with van der Waals surface area (Å²) in [7, 11) is 1.53. The Morgan fingerprint density at radius 2 is 2.32 bits per heavy atom. The van der Waals surface area contributed by atoms with Crippen LogP contribution in [0.5, 0.6) is 5.75 Å². The molecule has 1 fully saturated rings. The molecule has 5 heteroatoms. The molecule has 2 atom stereocenters. The standard InChI is InChI=1S/C14H17N3O2/c1-3-17-13(18)7-11(16)14(17)9-4-5-12(19-2)10(6-9)8-15/h4-6,11,14H,3,7,16H2,1-2H3. The summed E-state index contributed by atoms with van der Waals surface area (Å²) in [5.41, 5.74) is 7.40. The van der Waals surface area contributed by atoms with E-state index in [2.05, 4.69) is 6.07 Å². The second-order valence-corrected chi connectivity index (χ2v) is 4.56. The summed E-state index contributed by atoms with van der Waals surface area (Å²) in [6.45, 7) is 2.54. The van der Waals surface area contributed by atoms with Gasteiger partial charge < -0.3 is 15.4 Å². The van der Waals surface area contributed by atoms with Gasteiger partial charge in [0, 0.05) is 19.0 Å². The van der Waals surface area contributed by atoms with E-state index in [0.717, 1.165) is 5.56 Å². The molecule has 0 saturated carbocycles. The van der Waals surface area contributed by atoms with Gasteiger partial charge in [0.2, 0.25) is 5.91 Å². The second-order valence-electron chi connectivity index (χ2n) is 4.56. The number of nitrogens with two attached hydrogens (primary N) is 1.